The zero-order chi connectivity index (χ0) is 9.40. The largest absolute Gasteiger partial charge is 1.00 e. The van der Waals surface area contributed by atoms with Gasteiger partial charge in [-0.3, -0.25) is 4.79 Å². The van der Waals surface area contributed by atoms with Crippen LogP contribution in [0.2, 0.25) is 0 Å². The summed E-state index contributed by atoms with van der Waals surface area (Å²) < 4.78 is 4.35. The molecule has 0 amide bonds. The predicted octanol–water partition coefficient (Wildman–Crippen LogP) is -4.17. The molecule has 5 heteroatoms. The molecular weight excluding hydrogens is 202 g/mol. The number of esters is 2. The minimum Gasteiger partial charge on any atom is -1.00 e. The average molecular weight is 216 g/mol. The van der Waals surface area contributed by atoms with Crippen LogP contribution in [-0.4, -0.2) is 11.9 Å². The van der Waals surface area contributed by atoms with Gasteiger partial charge in [-0.05, 0) is 6.92 Å². The van der Waals surface area contributed by atoms with Gasteiger partial charge in [0.15, 0.2) is 0 Å². The van der Waals surface area contributed by atoms with Crippen LogP contribution in [0.4, 0.5) is 0 Å². The van der Waals surface area contributed by atoms with Gasteiger partial charge < -0.3 is 7.59 Å². The first kappa shape index (κ1) is 20.1. The van der Waals surface area contributed by atoms with Crippen molar-refractivity contribution in [1.29, 1.82) is 0 Å². The maximum absolute atomic E-state index is 10.7. The van der Waals surface area contributed by atoms with Gasteiger partial charge in [0.05, 0.1) is 0 Å². The van der Waals surface area contributed by atoms with Crippen LogP contribution in [-0.2, 0) is 14.3 Å². The van der Waals surface area contributed by atoms with Gasteiger partial charge in [0.25, 0.3) is 0 Å². The molecule has 0 N–H and O–H groups in total. The molecule has 0 bridgehead atoms. The van der Waals surface area contributed by atoms with Gasteiger partial charge in [0.2, 0.25) is 0 Å². The van der Waals surface area contributed by atoms with E-state index in [0.717, 1.165) is 0 Å². The second kappa shape index (κ2) is 13.6. The van der Waals surface area contributed by atoms with Gasteiger partial charge in [-0.25, -0.2) is 4.79 Å². The summed E-state index contributed by atoms with van der Waals surface area (Å²) in [4.78, 5) is 21.3. The summed E-state index contributed by atoms with van der Waals surface area (Å²) in [6.45, 7) is 3.46. The van der Waals surface area contributed by atoms with Crippen LogP contribution in [0.5, 0.6) is 0 Å². The summed E-state index contributed by atoms with van der Waals surface area (Å²) in [7, 11) is 0. The van der Waals surface area contributed by atoms with Gasteiger partial charge in [0.1, 0.15) is 0 Å². The van der Waals surface area contributed by atoms with Crippen molar-refractivity contribution in [3.63, 3.8) is 0 Å². The van der Waals surface area contributed by atoms with Crippen molar-refractivity contribution in [2.75, 3.05) is 0 Å². The molecule has 0 heterocycles. The van der Waals surface area contributed by atoms with Crippen molar-refractivity contribution in [3.05, 3.63) is 24.3 Å². The first-order valence-electron chi connectivity index (χ1n) is 3.74. The van der Waals surface area contributed by atoms with E-state index >= 15 is 0 Å². The minimum absolute atomic E-state index is 0. The molecule has 0 aromatic heterocycles. The minimum atomic E-state index is -0.625. The average Bonchev–Trinajstić information content (AvgIpc) is 2.05. The molecule has 0 saturated carbocycles. The standard InChI is InChI=1S/C9H12O3.2Na.2H/c1-3-5-6-7-9(11)12-8(10)4-2;;;;/h3,5-7H,4H2,1-2H3;;;;/q;2*+1;2*-1/b5-3+,7-6+;;;;. The Labute approximate surface area is 132 Å². The number of allylic oxidation sites excluding steroid dienone is 3. The molecule has 0 saturated heterocycles. The fraction of sp³-hybridized carbons (Fsp3) is 0.333. The van der Waals surface area contributed by atoms with Crippen LogP contribution in [0, 0.1) is 0 Å². The third kappa shape index (κ3) is 12.6. The van der Waals surface area contributed by atoms with Crippen LogP contribution < -0.4 is 59.1 Å². The van der Waals surface area contributed by atoms with E-state index in [4.69, 9.17) is 0 Å². The molecule has 70 valence electrons. The topological polar surface area (TPSA) is 43.4 Å². The number of carbonyl (C=O) groups is 2. The van der Waals surface area contributed by atoms with Crippen molar-refractivity contribution in [3.8, 4) is 0 Å². The van der Waals surface area contributed by atoms with E-state index in [9.17, 15) is 9.59 Å². The monoisotopic (exact) mass is 216 g/mol. The Hall–Kier alpha value is 0.620. The molecule has 0 spiro atoms. The Balaban J connectivity index is -0.000000101. The van der Waals surface area contributed by atoms with Crippen LogP contribution in [0.15, 0.2) is 24.3 Å². The summed E-state index contributed by atoms with van der Waals surface area (Å²) in [6, 6.07) is 0. The fourth-order valence-corrected chi connectivity index (χ4v) is 0.464. The number of rotatable bonds is 3. The van der Waals surface area contributed by atoms with E-state index in [-0.39, 0.29) is 68.4 Å². The molecule has 0 aliphatic carbocycles. The van der Waals surface area contributed by atoms with Crippen LogP contribution in [0.3, 0.4) is 0 Å². The zero-order valence-electron chi connectivity index (χ0n) is 11.2. The molecule has 0 aromatic rings. The van der Waals surface area contributed by atoms with Crippen LogP contribution in [0.1, 0.15) is 23.1 Å². The van der Waals surface area contributed by atoms with Gasteiger partial charge >= 0.3 is 71.1 Å². The summed E-state index contributed by atoms with van der Waals surface area (Å²) in [5, 5.41) is 0. The molecule has 0 radical (unpaired) electrons. The number of hydrogen-bond donors (Lipinski definition) is 0. The maximum atomic E-state index is 10.7. The van der Waals surface area contributed by atoms with Crippen molar-refractivity contribution in [2.45, 2.75) is 20.3 Å². The third-order valence-electron chi connectivity index (χ3n) is 1.04. The Morgan fingerprint density at radius 3 is 2.29 bits per heavy atom. The van der Waals surface area contributed by atoms with E-state index in [2.05, 4.69) is 4.74 Å². The molecule has 0 fully saturated rings. The fourth-order valence-electron chi connectivity index (χ4n) is 0.464. The van der Waals surface area contributed by atoms with E-state index in [1.165, 1.54) is 12.2 Å². The second-order valence-corrected chi connectivity index (χ2v) is 2.03. The van der Waals surface area contributed by atoms with Crippen LogP contribution in [0.25, 0.3) is 0 Å². The quantitative estimate of drug-likeness (QED) is 0.158. The van der Waals surface area contributed by atoms with Gasteiger partial charge in [-0.1, -0.05) is 25.2 Å². The third-order valence-corrected chi connectivity index (χ3v) is 1.04. The maximum Gasteiger partial charge on any atom is 1.00 e. The number of carbonyl (C=O) groups excluding carboxylic acids is 2. The summed E-state index contributed by atoms with van der Waals surface area (Å²) in [5.74, 6) is -1.13. The predicted molar refractivity (Wildman–Crippen MR) is 47.6 cm³/mol. The molecule has 3 nitrogen and oxygen atoms in total. The van der Waals surface area contributed by atoms with Gasteiger partial charge in [0, 0.05) is 12.5 Å². The number of ether oxygens (including phenoxy) is 1. The number of hydrogen-bond acceptors (Lipinski definition) is 3. The Morgan fingerprint density at radius 2 is 1.86 bits per heavy atom. The smallest absolute Gasteiger partial charge is 1.00 e. The first-order chi connectivity index (χ1) is 5.70. The van der Waals surface area contributed by atoms with Crippen LogP contribution >= 0.6 is 0 Å². The molecule has 0 unspecified atom stereocenters. The molecule has 0 atom stereocenters. The van der Waals surface area contributed by atoms with Crippen molar-refractivity contribution in [1.82, 2.24) is 0 Å². The Bertz CT molecular complexity index is 231. The van der Waals surface area contributed by atoms with Gasteiger partial charge in [-0.2, -0.15) is 0 Å². The molecule has 0 aliphatic rings. The summed E-state index contributed by atoms with van der Waals surface area (Å²) in [6.07, 6.45) is 6.38. The summed E-state index contributed by atoms with van der Waals surface area (Å²) in [5.41, 5.74) is 0. The first-order valence-corrected chi connectivity index (χ1v) is 3.74. The Kier molecular flexibility index (Phi) is 19.5. The van der Waals surface area contributed by atoms with Crippen molar-refractivity contribution < 1.29 is 76.3 Å². The molecule has 0 aromatic carbocycles. The van der Waals surface area contributed by atoms with Crippen molar-refractivity contribution in [2.24, 2.45) is 0 Å². The second-order valence-electron chi connectivity index (χ2n) is 2.03. The van der Waals surface area contributed by atoms with E-state index < -0.39 is 11.9 Å². The molecule has 0 rings (SSSR count). The van der Waals surface area contributed by atoms with E-state index in [1.807, 2.05) is 6.92 Å². The zero-order valence-corrected chi connectivity index (χ0v) is 13.2. The van der Waals surface area contributed by atoms with E-state index in [0.29, 0.717) is 0 Å². The Morgan fingerprint density at radius 1 is 1.29 bits per heavy atom. The summed E-state index contributed by atoms with van der Waals surface area (Å²) >= 11 is 0. The van der Waals surface area contributed by atoms with Crippen molar-refractivity contribution >= 4 is 11.9 Å². The molecule has 14 heavy (non-hydrogen) atoms. The molecular formula is C9H14Na2O3. The van der Waals surface area contributed by atoms with E-state index in [1.54, 1.807) is 19.1 Å². The normalized spacial score (nSPS) is 9.29. The van der Waals surface area contributed by atoms with Gasteiger partial charge in [-0.15, -0.1) is 0 Å². The molecule has 0 aliphatic heterocycles. The SMILES string of the molecule is C/C=C/C=C/C(=O)OC(=O)CC.[H-].[H-].[Na+].[Na+].